The number of hydrogen-bond donors (Lipinski definition) is 3. The highest BCUT2D eigenvalue weighted by Gasteiger charge is 2.45. The number of halogens is 3. The van der Waals surface area contributed by atoms with E-state index in [-0.39, 0.29) is 12.8 Å². The van der Waals surface area contributed by atoms with Crippen LogP contribution in [-0.2, 0) is 4.79 Å². The number of carbonyl (C=O) groups excluding carboxylic acids is 1. The maximum atomic E-state index is 13.3. The third-order valence-corrected chi connectivity index (χ3v) is 3.25. The van der Waals surface area contributed by atoms with Crippen LogP contribution in [0.25, 0.3) is 0 Å². The van der Waals surface area contributed by atoms with Gasteiger partial charge in [0.25, 0.3) is 0 Å². The van der Waals surface area contributed by atoms with Crippen molar-refractivity contribution in [2.45, 2.75) is 24.8 Å². The number of aliphatic carboxylic acids is 1. The first kappa shape index (κ1) is 14.2. The van der Waals surface area contributed by atoms with E-state index in [0.29, 0.717) is 12.5 Å². The van der Waals surface area contributed by atoms with E-state index in [1.54, 1.807) is 0 Å². The molecule has 0 radical (unpaired) electrons. The summed E-state index contributed by atoms with van der Waals surface area (Å²) in [5.74, 6) is -5.82. The molecular weight excluding hydrogens is 277 g/mol. The molecule has 1 fully saturated rings. The highest BCUT2D eigenvalue weighted by molar-refractivity contribution is 5.94. The van der Waals surface area contributed by atoms with Gasteiger partial charge in [-0.3, -0.25) is 0 Å². The SMILES string of the molecule is O=C(Nc1ccc(F)c(F)c1F)NC1(C(=O)O)CCC1. The molecule has 0 saturated heterocycles. The second kappa shape index (κ2) is 5.03. The highest BCUT2D eigenvalue weighted by atomic mass is 19.2. The summed E-state index contributed by atoms with van der Waals surface area (Å²) in [6.45, 7) is 0. The van der Waals surface area contributed by atoms with Crippen molar-refractivity contribution >= 4 is 17.7 Å². The summed E-state index contributed by atoms with van der Waals surface area (Å²) in [6, 6.07) is 0.517. The number of anilines is 1. The Morgan fingerprint density at radius 2 is 1.80 bits per heavy atom. The molecular formula is C12H11F3N2O3. The number of carboxylic acids is 1. The lowest BCUT2D eigenvalue weighted by Crippen LogP contribution is -2.60. The topological polar surface area (TPSA) is 78.4 Å². The number of nitrogens with one attached hydrogen (secondary N) is 2. The van der Waals surface area contributed by atoms with Gasteiger partial charge < -0.3 is 15.7 Å². The van der Waals surface area contributed by atoms with Crippen molar-refractivity contribution in [3.63, 3.8) is 0 Å². The molecule has 1 saturated carbocycles. The lowest BCUT2D eigenvalue weighted by atomic mass is 9.77. The number of urea groups is 1. The monoisotopic (exact) mass is 288 g/mol. The van der Waals surface area contributed by atoms with Crippen LogP contribution in [0.15, 0.2) is 12.1 Å². The molecule has 0 heterocycles. The van der Waals surface area contributed by atoms with Crippen molar-refractivity contribution in [2.24, 2.45) is 0 Å². The first-order valence-corrected chi connectivity index (χ1v) is 5.82. The van der Waals surface area contributed by atoms with Crippen LogP contribution < -0.4 is 10.6 Å². The molecule has 0 unspecified atom stereocenters. The van der Waals surface area contributed by atoms with Crippen molar-refractivity contribution in [3.05, 3.63) is 29.6 Å². The largest absolute Gasteiger partial charge is 0.480 e. The molecule has 20 heavy (non-hydrogen) atoms. The van der Waals surface area contributed by atoms with Crippen molar-refractivity contribution < 1.29 is 27.9 Å². The van der Waals surface area contributed by atoms with Gasteiger partial charge in [0.15, 0.2) is 17.5 Å². The minimum Gasteiger partial charge on any atom is -0.480 e. The average molecular weight is 288 g/mol. The fraction of sp³-hybridized carbons (Fsp3) is 0.333. The van der Waals surface area contributed by atoms with Crippen molar-refractivity contribution in [3.8, 4) is 0 Å². The van der Waals surface area contributed by atoms with Crippen LogP contribution in [0.1, 0.15) is 19.3 Å². The molecule has 108 valence electrons. The highest BCUT2D eigenvalue weighted by Crippen LogP contribution is 2.32. The number of amides is 2. The van der Waals surface area contributed by atoms with Crippen LogP contribution >= 0.6 is 0 Å². The van der Waals surface area contributed by atoms with Crippen LogP contribution in [0.4, 0.5) is 23.7 Å². The number of hydrogen-bond acceptors (Lipinski definition) is 2. The zero-order valence-corrected chi connectivity index (χ0v) is 10.2. The molecule has 2 amide bonds. The maximum absolute atomic E-state index is 13.3. The minimum atomic E-state index is -1.71. The molecule has 0 aromatic heterocycles. The molecule has 0 spiro atoms. The van der Waals surface area contributed by atoms with Gasteiger partial charge in [-0.1, -0.05) is 0 Å². The smallest absolute Gasteiger partial charge is 0.329 e. The Hall–Kier alpha value is -2.25. The van der Waals surface area contributed by atoms with Gasteiger partial charge in [-0.15, -0.1) is 0 Å². The van der Waals surface area contributed by atoms with Crippen molar-refractivity contribution in [2.75, 3.05) is 5.32 Å². The van der Waals surface area contributed by atoms with Gasteiger partial charge in [-0.25, -0.2) is 22.8 Å². The predicted octanol–water partition coefficient (Wildman–Crippen LogP) is 2.23. The molecule has 1 aromatic carbocycles. The van der Waals surface area contributed by atoms with Crippen molar-refractivity contribution in [1.29, 1.82) is 0 Å². The normalized spacial score (nSPS) is 16.1. The van der Waals surface area contributed by atoms with E-state index in [1.165, 1.54) is 0 Å². The second-order valence-electron chi connectivity index (χ2n) is 4.54. The van der Waals surface area contributed by atoms with Gasteiger partial charge in [0.1, 0.15) is 5.54 Å². The zero-order chi connectivity index (χ0) is 14.9. The number of carboxylic acid groups (broad SMARTS) is 1. The van der Waals surface area contributed by atoms with Crippen LogP contribution in [0, 0.1) is 17.5 Å². The van der Waals surface area contributed by atoms with Gasteiger partial charge in [0.2, 0.25) is 0 Å². The summed E-state index contributed by atoms with van der Waals surface area (Å²) in [7, 11) is 0. The van der Waals surface area contributed by atoms with Gasteiger partial charge in [0, 0.05) is 0 Å². The maximum Gasteiger partial charge on any atom is 0.329 e. The number of benzene rings is 1. The third kappa shape index (κ3) is 2.40. The Morgan fingerprint density at radius 3 is 2.30 bits per heavy atom. The summed E-state index contributed by atoms with van der Waals surface area (Å²) < 4.78 is 39.0. The third-order valence-electron chi connectivity index (χ3n) is 3.25. The fourth-order valence-corrected chi connectivity index (χ4v) is 1.92. The molecule has 3 N–H and O–H groups in total. The summed E-state index contributed by atoms with van der Waals surface area (Å²) in [5.41, 5.74) is -1.94. The Balaban J connectivity index is 2.09. The summed E-state index contributed by atoms with van der Waals surface area (Å²) in [5, 5.41) is 13.2. The number of carbonyl (C=O) groups is 2. The molecule has 2 rings (SSSR count). The van der Waals surface area contributed by atoms with Gasteiger partial charge in [0.05, 0.1) is 5.69 Å². The predicted molar refractivity (Wildman–Crippen MR) is 62.7 cm³/mol. The zero-order valence-electron chi connectivity index (χ0n) is 10.2. The first-order valence-electron chi connectivity index (χ1n) is 5.82. The lowest BCUT2D eigenvalue weighted by molar-refractivity contribution is -0.148. The van der Waals surface area contributed by atoms with Crippen LogP contribution in [0.5, 0.6) is 0 Å². The van der Waals surface area contributed by atoms with Gasteiger partial charge >= 0.3 is 12.0 Å². The standard InChI is InChI=1S/C12H11F3N2O3/c13-6-2-3-7(9(15)8(6)14)16-11(20)17-12(10(18)19)4-1-5-12/h2-3H,1,4-5H2,(H,18,19)(H2,16,17,20). The van der Waals surface area contributed by atoms with E-state index in [9.17, 15) is 22.8 Å². The van der Waals surface area contributed by atoms with E-state index < -0.39 is 40.7 Å². The fourth-order valence-electron chi connectivity index (χ4n) is 1.92. The quantitative estimate of drug-likeness (QED) is 0.746. The Morgan fingerprint density at radius 1 is 1.15 bits per heavy atom. The number of rotatable bonds is 3. The Kier molecular flexibility index (Phi) is 3.56. The molecule has 5 nitrogen and oxygen atoms in total. The van der Waals surface area contributed by atoms with E-state index in [2.05, 4.69) is 5.32 Å². The lowest BCUT2D eigenvalue weighted by Gasteiger charge is -2.38. The summed E-state index contributed by atoms with van der Waals surface area (Å²) in [4.78, 5) is 22.6. The molecule has 1 aliphatic rings. The Labute approximate surface area is 111 Å². The molecule has 0 atom stereocenters. The molecule has 1 aromatic rings. The molecule has 8 heteroatoms. The van der Waals surface area contributed by atoms with Crippen LogP contribution in [0.3, 0.4) is 0 Å². The summed E-state index contributed by atoms with van der Waals surface area (Å²) in [6.07, 6.45) is 1.16. The van der Waals surface area contributed by atoms with E-state index in [1.807, 2.05) is 5.32 Å². The van der Waals surface area contributed by atoms with E-state index in [4.69, 9.17) is 5.11 Å². The van der Waals surface area contributed by atoms with Crippen LogP contribution in [0.2, 0.25) is 0 Å². The van der Waals surface area contributed by atoms with Gasteiger partial charge in [-0.2, -0.15) is 0 Å². The first-order chi connectivity index (χ1) is 9.35. The average Bonchev–Trinajstić information content (AvgIpc) is 2.34. The van der Waals surface area contributed by atoms with Crippen LogP contribution in [-0.4, -0.2) is 22.6 Å². The van der Waals surface area contributed by atoms with Crippen molar-refractivity contribution in [1.82, 2.24) is 5.32 Å². The minimum absolute atomic E-state index is 0.260. The molecule has 1 aliphatic carbocycles. The molecule has 0 aliphatic heterocycles. The van der Waals surface area contributed by atoms with E-state index >= 15 is 0 Å². The Bertz CT molecular complexity index is 573. The second-order valence-corrected chi connectivity index (χ2v) is 4.54. The molecule has 0 bridgehead atoms. The summed E-state index contributed by atoms with van der Waals surface area (Å²) >= 11 is 0. The van der Waals surface area contributed by atoms with Gasteiger partial charge in [-0.05, 0) is 31.4 Å². The van der Waals surface area contributed by atoms with E-state index in [0.717, 1.165) is 6.07 Å².